The molecular weight excluding hydrogens is 494 g/mol. The summed E-state index contributed by atoms with van der Waals surface area (Å²) in [4.78, 5) is 28.7. The average molecular weight is 518 g/mol. The van der Waals surface area contributed by atoms with E-state index in [1.807, 2.05) is 49.4 Å². The van der Waals surface area contributed by atoms with Gasteiger partial charge in [-0.1, -0.05) is 53.6 Å². The number of carbonyl (C=O) groups is 2. The zero-order chi connectivity index (χ0) is 26.3. The molecule has 1 aliphatic heterocycles. The number of ether oxygens (including phenoxy) is 2. The van der Waals surface area contributed by atoms with Crippen LogP contribution >= 0.6 is 11.6 Å². The summed E-state index contributed by atoms with van der Waals surface area (Å²) in [6.07, 6.45) is 0. The lowest BCUT2D eigenvalue weighted by molar-refractivity contribution is -0.130. The molecule has 0 bridgehead atoms. The number of amides is 1. The van der Waals surface area contributed by atoms with E-state index in [-0.39, 0.29) is 17.9 Å². The summed E-state index contributed by atoms with van der Waals surface area (Å²) >= 11 is 6.18. The van der Waals surface area contributed by atoms with Crippen LogP contribution in [0.15, 0.2) is 82.5 Å². The van der Waals surface area contributed by atoms with Crippen molar-refractivity contribution in [3.63, 3.8) is 0 Å². The van der Waals surface area contributed by atoms with Gasteiger partial charge < -0.3 is 23.9 Å². The molecule has 1 atom stereocenters. The van der Waals surface area contributed by atoms with E-state index in [2.05, 4.69) is 0 Å². The molecule has 188 valence electrons. The lowest BCUT2D eigenvalue weighted by atomic mass is 9.94. The second-order valence-electron chi connectivity index (χ2n) is 8.83. The first-order valence-corrected chi connectivity index (χ1v) is 11.9. The van der Waals surface area contributed by atoms with Gasteiger partial charge in [-0.3, -0.25) is 9.59 Å². The Morgan fingerprint density at radius 2 is 1.84 bits per heavy atom. The Labute approximate surface area is 218 Å². The van der Waals surface area contributed by atoms with Gasteiger partial charge in [-0.05, 0) is 42.3 Å². The number of methoxy groups -OCH3 is 2. The van der Waals surface area contributed by atoms with E-state index in [0.717, 1.165) is 11.1 Å². The Kier molecular flexibility index (Phi) is 6.39. The number of aliphatic hydroxyl groups excluding tert-OH is 1. The first-order valence-electron chi connectivity index (χ1n) is 11.6. The summed E-state index contributed by atoms with van der Waals surface area (Å²) in [5, 5.41) is 12.0. The molecule has 1 aromatic heterocycles. The number of furan rings is 1. The largest absolute Gasteiger partial charge is 0.503 e. The fraction of sp³-hybridized carbons (Fsp3) is 0.172. The minimum atomic E-state index is -0.829. The van der Waals surface area contributed by atoms with Gasteiger partial charge in [0, 0.05) is 23.0 Å². The number of benzene rings is 3. The van der Waals surface area contributed by atoms with Crippen molar-refractivity contribution in [1.29, 1.82) is 0 Å². The molecule has 0 spiro atoms. The molecule has 1 unspecified atom stereocenters. The molecule has 0 saturated heterocycles. The van der Waals surface area contributed by atoms with E-state index < -0.39 is 23.5 Å². The van der Waals surface area contributed by atoms with E-state index in [1.165, 1.54) is 18.1 Å². The highest BCUT2D eigenvalue weighted by Gasteiger charge is 2.44. The van der Waals surface area contributed by atoms with E-state index in [4.69, 9.17) is 25.5 Å². The van der Waals surface area contributed by atoms with Crippen LogP contribution in [0.3, 0.4) is 0 Å². The van der Waals surface area contributed by atoms with E-state index in [1.54, 1.807) is 25.3 Å². The molecule has 8 heteroatoms. The summed E-state index contributed by atoms with van der Waals surface area (Å²) < 4.78 is 16.5. The number of fused-ring (bicyclic) bond motifs is 1. The Bertz CT molecular complexity index is 1570. The molecule has 4 aromatic rings. The number of halogens is 1. The van der Waals surface area contributed by atoms with Gasteiger partial charge in [0.05, 0.1) is 25.8 Å². The molecule has 3 aromatic carbocycles. The Balaban J connectivity index is 1.61. The second kappa shape index (κ2) is 9.67. The first kappa shape index (κ1) is 24.5. The van der Waals surface area contributed by atoms with Gasteiger partial charge >= 0.3 is 0 Å². The van der Waals surface area contributed by atoms with Crippen molar-refractivity contribution >= 4 is 34.3 Å². The number of carbonyl (C=O) groups excluding carboxylic acids is 2. The predicted octanol–water partition coefficient (Wildman–Crippen LogP) is 6.19. The molecule has 0 aliphatic carbocycles. The Hall–Kier alpha value is -4.23. The third-order valence-corrected chi connectivity index (χ3v) is 6.60. The number of hydrogen-bond donors (Lipinski definition) is 1. The standard InChI is InChI=1S/C29H24ClNO6/c1-16-6-4-8-18(10-16)25-24(26(32)22-13-19-12-20(30)14-23(36-3)28(19)37-22)27(33)29(34)31(25)15-17-7-5-9-21(11-17)35-2/h4-14,25,33H,15H2,1-3H3. The van der Waals surface area contributed by atoms with Crippen molar-refractivity contribution in [1.82, 2.24) is 4.90 Å². The maximum Gasteiger partial charge on any atom is 0.290 e. The monoisotopic (exact) mass is 517 g/mol. The van der Waals surface area contributed by atoms with Crippen LogP contribution in [0.1, 0.15) is 33.3 Å². The van der Waals surface area contributed by atoms with Crippen molar-refractivity contribution in [2.45, 2.75) is 19.5 Å². The van der Waals surface area contributed by atoms with Crippen molar-refractivity contribution in [2.24, 2.45) is 0 Å². The summed E-state index contributed by atoms with van der Waals surface area (Å²) in [6, 6.07) is 18.7. The van der Waals surface area contributed by atoms with Crippen molar-refractivity contribution in [3.05, 3.63) is 106 Å². The molecule has 2 heterocycles. The maximum atomic E-state index is 13.8. The normalized spacial score (nSPS) is 15.5. The number of ketones is 1. The number of aliphatic hydroxyl groups is 1. The van der Waals surface area contributed by atoms with Gasteiger partial charge in [0.15, 0.2) is 22.9 Å². The molecule has 7 nitrogen and oxygen atoms in total. The van der Waals surface area contributed by atoms with Gasteiger partial charge in [0.25, 0.3) is 5.91 Å². The topological polar surface area (TPSA) is 89.2 Å². The van der Waals surface area contributed by atoms with Gasteiger partial charge in [-0.2, -0.15) is 0 Å². The summed E-state index contributed by atoms with van der Waals surface area (Å²) in [6.45, 7) is 2.08. The Morgan fingerprint density at radius 1 is 1.05 bits per heavy atom. The molecule has 0 saturated carbocycles. The number of nitrogens with zero attached hydrogens (tertiary/aromatic N) is 1. The summed E-state index contributed by atoms with van der Waals surface area (Å²) in [7, 11) is 3.04. The van der Waals surface area contributed by atoms with Gasteiger partial charge in [-0.25, -0.2) is 0 Å². The molecule has 1 N–H and O–H groups in total. The zero-order valence-electron chi connectivity index (χ0n) is 20.4. The highest BCUT2D eigenvalue weighted by molar-refractivity contribution is 6.31. The molecule has 1 amide bonds. The fourth-order valence-electron chi connectivity index (χ4n) is 4.69. The molecular formula is C29H24ClNO6. The van der Waals surface area contributed by atoms with Crippen LogP contribution in [-0.4, -0.2) is 35.9 Å². The lowest BCUT2D eigenvalue weighted by Gasteiger charge is -2.27. The molecule has 0 fully saturated rings. The molecule has 0 radical (unpaired) electrons. The number of hydrogen-bond acceptors (Lipinski definition) is 6. The lowest BCUT2D eigenvalue weighted by Crippen LogP contribution is -2.30. The van der Waals surface area contributed by atoms with Crippen LogP contribution in [-0.2, 0) is 11.3 Å². The molecule has 1 aliphatic rings. The van der Waals surface area contributed by atoms with Gasteiger partial charge in [-0.15, -0.1) is 0 Å². The highest BCUT2D eigenvalue weighted by atomic mass is 35.5. The zero-order valence-corrected chi connectivity index (χ0v) is 21.2. The third-order valence-electron chi connectivity index (χ3n) is 6.38. The van der Waals surface area contributed by atoms with Crippen LogP contribution < -0.4 is 9.47 Å². The minimum Gasteiger partial charge on any atom is -0.503 e. The van der Waals surface area contributed by atoms with Crippen molar-refractivity contribution in [2.75, 3.05) is 14.2 Å². The first-order chi connectivity index (χ1) is 17.8. The van der Waals surface area contributed by atoms with Gasteiger partial charge in [0.2, 0.25) is 5.78 Å². The number of aryl methyl sites for hydroxylation is 1. The van der Waals surface area contributed by atoms with Crippen molar-refractivity contribution < 1.29 is 28.6 Å². The van der Waals surface area contributed by atoms with Crippen molar-refractivity contribution in [3.8, 4) is 11.5 Å². The van der Waals surface area contributed by atoms with Crippen LogP contribution in [0.2, 0.25) is 5.02 Å². The van der Waals surface area contributed by atoms with E-state index in [0.29, 0.717) is 33.1 Å². The Morgan fingerprint density at radius 3 is 2.57 bits per heavy atom. The van der Waals surface area contributed by atoms with E-state index >= 15 is 0 Å². The number of rotatable bonds is 7. The van der Waals surface area contributed by atoms with E-state index in [9.17, 15) is 14.7 Å². The summed E-state index contributed by atoms with van der Waals surface area (Å²) in [5.41, 5.74) is 2.73. The van der Waals surface area contributed by atoms with Crippen LogP contribution in [0, 0.1) is 6.92 Å². The quantitative estimate of drug-likeness (QED) is 0.294. The highest BCUT2D eigenvalue weighted by Crippen LogP contribution is 2.41. The predicted molar refractivity (Wildman–Crippen MR) is 139 cm³/mol. The number of Topliss-reactive ketones (excluding diaryl/α,β-unsaturated/α-hetero) is 1. The SMILES string of the molecule is COc1cccc(CN2C(=O)C(O)=C(C(=O)c3cc4cc(Cl)cc(OC)c4o3)C2c2cccc(C)c2)c1. The summed E-state index contributed by atoms with van der Waals surface area (Å²) in [5.74, 6) is -0.873. The van der Waals surface area contributed by atoms with Crippen LogP contribution in [0.25, 0.3) is 11.0 Å². The molecule has 37 heavy (non-hydrogen) atoms. The minimum absolute atomic E-state index is 0.0363. The van der Waals surface area contributed by atoms with Crippen LogP contribution in [0.4, 0.5) is 0 Å². The second-order valence-corrected chi connectivity index (χ2v) is 9.27. The van der Waals surface area contributed by atoms with Crippen LogP contribution in [0.5, 0.6) is 11.5 Å². The fourth-order valence-corrected chi connectivity index (χ4v) is 4.90. The molecule has 5 rings (SSSR count). The smallest absolute Gasteiger partial charge is 0.290 e. The average Bonchev–Trinajstić information content (AvgIpc) is 3.42. The third kappa shape index (κ3) is 4.42. The van der Waals surface area contributed by atoms with Gasteiger partial charge in [0.1, 0.15) is 5.75 Å². The maximum absolute atomic E-state index is 13.8.